The van der Waals surface area contributed by atoms with Crippen molar-refractivity contribution < 1.29 is 14.7 Å². The van der Waals surface area contributed by atoms with Gasteiger partial charge in [-0.2, -0.15) is 5.10 Å². The Labute approximate surface area is 128 Å². The molecule has 1 heterocycles. The van der Waals surface area contributed by atoms with Gasteiger partial charge in [-0.25, -0.2) is 4.79 Å². The Kier molecular flexibility index (Phi) is 4.93. The summed E-state index contributed by atoms with van der Waals surface area (Å²) >= 11 is 0. The van der Waals surface area contributed by atoms with E-state index in [9.17, 15) is 9.59 Å². The van der Waals surface area contributed by atoms with Crippen LogP contribution in [-0.4, -0.2) is 33.2 Å². The number of carbonyl (C=O) groups excluding carboxylic acids is 1. The van der Waals surface area contributed by atoms with Gasteiger partial charge in [0.05, 0.1) is 5.69 Å². The largest absolute Gasteiger partial charge is 0.480 e. The normalized spacial score (nSPS) is 11.9. The van der Waals surface area contributed by atoms with E-state index in [4.69, 9.17) is 5.11 Å². The van der Waals surface area contributed by atoms with Crippen LogP contribution in [0.5, 0.6) is 0 Å². The first-order chi connectivity index (χ1) is 10.5. The molecule has 0 saturated carbocycles. The zero-order valence-corrected chi connectivity index (χ0v) is 12.6. The van der Waals surface area contributed by atoms with Crippen molar-refractivity contribution in [2.24, 2.45) is 0 Å². The van der Waals surface area contributed by atoms with Gasteiger partial charge in [-0.05, 0) is 19.4 Å². The Morgan fingerprint density at radius 2 is 2.00 bits per heavy atom. The molecule has 0 bridgehead atoms. The summed E-state index contributed by atoms with van der Waals surface area (Å²) in [6, 6.07) is 8.50. The molecular formula is C16H19N3O3. The zero-order valence-electron chi connectivity index (χ0n) is 12.6. The van der Waals surface area contributed by atoms with Crippen molar-refractivity contribution in [3.8, 4) is 11.3 Å². The number of nitrogens with zero attached hydrogens (tertiary/aromatic N) is 1. The zero-order chi connectivity index (χ0) is 16.1. The number of aryl methyl sites for hydroxylation is 1. The molecule has 22 heavy (non-hydrogen) atoms. The van der Waals surface area contributed by atoms with Gasteiger partial charge in [0.2, 0.25) is 0 Å². The quantitative estimate of drug-likeness (QED) is 0.763. The summed E-state index contributed by atoms with van der Waals surface area (Å²) in [5.74, 6) is -1.50. The molecular weight excluding hydrogens is 282 g/mol. The van der Waals surface area contributed by atoms with Gasteiger partial charge >= 0.3 is 5.97 Å². The van der Waals surface area contributed by atoms with Crippen molar-refractivity contribution in [1.82, 2.24) is 15.5 Å². The van der Waals surface area contributed by atoms with Gasteiger partial charge in [-0.15, -0.1) is 0 Å². The fourth-order valence-electron chi connectivity index (χ4n) is 2.09. The maximum atomic E-state index is 12.1. The minimum Gasteiger partial charge on any atom is -0.480 e. The topological polar surface area (TPSA) is 95.1 Å². The third kappa shape index (κ3) is 3.72. The predicted octanol–water partition coefficient (Wildman–Crippen LogP) is 2.37. The van der Waals surface area contributed by atoms with Gasteiger partial charge in [-0.3, -0.25) is 9.89 Å². The standard InChI is InChI=1S/C16H19N3O3/c1-3-4-12(16(21)22)17-15(20)14-9-13(18-19-14)11-7-5-10(2)6-8-11/h5-9,12H,3-4H2,1-2H3,(H,17,20)(H,18,19)(H,21,22). The number of H-pyrrole nitrogens is 1. The highest BCUT2D eigenvalue weighted by Gasteiger charge is 2.20. The summed E-state index contributed by atoms with van der Waals surface area (Å²) in [5, 5.41) is 18.3. The van der Waals surface area contributed by atoms with Crippen molar-refractivity contribution in [2.75, 3.05) is 0 Å². The second kappa shape index (κ2) is 6.89. The van der Waals surface area contributed by atoms with Gasteiger partial charge in [0.15, 0.2) is 0 Å². The fraction of sp³-hybridized carbons (Fsp3) is 0.312. The minimum absolute atomic E-state index is 0.248. The Morgan fingerprint density at radius 3 is 2.59 bits per heavy atom. The van der Waals surface area contributed by atoms with Crippen LogP contribution in [0.3, 0.4) is 0 Å². The Balaban J connectivity index is 2.11. The number of nitrogens with one attached hydrogen (secondary N) is 2. The van der Waals surface area contributed by atoms with E-state index in [1.165, 1.54) is 0 Å². The van der Waals surface area contributed by atoms with Gasteiger partial charge < -0.3 is 10.4 Å². The number of benzene rings is 1. The highest BCUT2D eigenvalue weighted by atomic mass is 16.4. The van der Waals surface area contributed by atoms with Crippen molar-refractivity contribution >= 4 is 11.9 Å². The lowest BCUT2D eigenvalue weighted by Gasteiger charge is -2.12. The molecule has 2 rings (SSSR count). The molecule has 6 nitrogen and oxygen atoms in total. The van der Waals surface area contributed by atoms with Gasteiger partial charge in [0.1, 0.15) is 11.7 Å². The molecule has 0 saturated heterocycles. The molecule has 0 aliphatic rings. The Morgan fingerprint density at radius 1 is 1.32 bits per heavy atom. The van der Waals surface area contributed by atoms with Crippen LogP contribution >= 0.6 is 0 Å². The molecule has 1 amide bonds. The van der Waals surface area contributed by atoms with Crippen molar-refractivity contribution in [2.45, 2.75) is 32.7 Å². The molecule has 3 N–H and O–H groups in total. The van der Waals surface area contributed by atoms with Crippen molar-refractivity contribution in [1.29, 1.82) is 0 Å². The maximum absolute atomic E-state index is 12.1. The summed E-state index contributed by atoms with van der Waals surface area (Å²) in [7, 11) is 0. The van der Waals surface area contributed by atoms with Crippen LogP contribution in [0.15, 0.2) is 30.3 Å². The second-order valence-corrected chi connectivity index (χ2v) is 5.19. The highest BCUT2D eigenvalue weighted by molar-refractivity contribution is 5.95. The Hall–Kier alpha value is -2.63. The number of amides is 1. The van der Waals surface area contributed by atoms with Gasteiger partial charge in [0.25, 0.3) is 5.91 Å². The number of aromatic nitrogens is 2. The summed E-state index contributed by atoms with van der Waals surface area (Å²) in [6.45, 7) is 3.86. The third-order valence-corrected chi connectivity index (χ3v) is 3.35. The average Bonchev–Trinajstić information content (AvgIpc) is 2.97. The molecule has 1 atom stereocenters. The monoisotopic (exact) mass is 301 g/mol. The summed E-state index contributed by atoms with van der Waals surface area (Å²) in [4.78, 5) is 23.2. The number of aliphatic carboxylic acids is 1. The average molecular weight is 301 g/mol. The molecule has 1 aromatic heterocycles. The van der Waals surface area contributed by atoms with Crippen LogP contribution in [0.25, 0.3) is 11.3 Å². The number of carboxylic acid groups (broad SMARTS) is 1. The number of carbonyl (C=O) groups is 2. The number of hydrogen-bond acceptors (Lipinski definition) is 3. The van der Waals surface area contributed by atoms with E-state index in [1.807, 2.05) is 38.1 Å². The van der Waals surface area contributed by atoms with Crippen LogP contribution in [-0.2, 0) is 4.79 Å². The van der Waals surface area contributed by atoms with E-state index in [0.717, 1.165) is 11.1 Å². The minimum atomic E-state index is -1.03. The van der Waals surface area contributed by atoms with E-state index >= 15 is 0 Å². The second-order valence-electron chi connectivity index (χ2n) is 5.19. The highest BCUT2D eigenvalue weighted by Crippen LogP contribution is 2.18. The van der Waals surface area contributed by atoms with E-state index in [1.54, 1.807) is 6.07 Å². The lowest BCUT2D eigenvalue weighted by molar-refractivity contribution is -0.139. The van der Waals surface area contributed by atoms with Crippen LogP contribution in [0.1, 0.15) is 35.8 Å². The molecule has 0 aliphatic carbocycles. The van der Waals surface area contributed by atoms with Crippen LogP contribution in [0, 0.1) is 6.92 Å². The SMILES string of the molecule is CCCC(NC(=O)c1cc(-c2ccc(C)cc2)n[nH]1)C(=O)O. The lowest BCUT2D eigenvalue weighted by atomic mass is 10.1. The van der Waals surface area contributed by atoms with E-state index in [2.05, 4.69) is 15.5 Å². The van der Waals surface area contributed by atoms with Crippen molar-refractivity contribution in [3.05, 3.63) is 41.6 Å². The van der Waals surface area contributed by atoms with Crippen LogP contribution < -0.4 is 5.32 Å². The Bertz CT molecular complexity index is 662. The van der Waals surface area contributed by atoms with Crippen LogP contribution in [0.2, 0.25) is 0 Å². The maximum Gasteiger partial charge on any atom is 0.326 e. The van der Waals surface area contributed by atoms with Gasteiger partial charge in [0, 0.05) is 5.56 Å². The molecule has 0 aliphatic heterocycles. The summed E-state index contributed by atoms with van der Waals surface area (Å²) in [6.07, 6.45) is 1.06. The summed E-state index contributed by atoms with van der Waals surface area (Å²) in [5.41, 5.74) is 2.93. The summed E-state index contributed by atoms with van der Waals surface area (Å²) < 4.78 is 0. The van der Waals surface area contributed by atoms with Gasteiger partial charge in [-0.1, -0.05) is 43.2 Å². The molecule has 0 spiro atoms. The van der Waals surface area contributed by atoms with Crippen LogP contribution in [0.4, 0.5) is 0 Å². The van der Waals surface area contributed by atoms with E-state index in [0.29, 0.717) is 18.5 Å². The molecule has 1 unspecified atom stereocenters. The first-order valence-corrected chi connectivity index (χ1v) is 7.17. The molecule has 1 aromatic carbocycles. The van der Waals surface area contributed by atoms with E-state index in [-0.39, 0.29) is 5.69 Å². The number of rotatable bonds is 6. The molecule has 116 valence electrons. The number of hydrogen-bond donors (Lipinski definition) is 3. The molecule has 0 radical (unpaired) electrons. The van der Waals surface area contributed by atoms with Crippen molar-refractivity contribution in [3.63, 3.8) is 0 Å². The number of carboxylic acids is 1. The smallest absolute Gasteiger partial charge is 0.326 e. The lowest BCUT2D eigenvalue weighted by Crippen LogP contribution is -2.40. The third-order valence-electron chi connectivity index (χ3n) is 3.35. The first-order valence-electron chi connectivity index (χ1n) is 7.17. The first kappa shape index (κ1) is 15.8. The number of aromatic amines is 1. The molecule has 0 fully saturated rings. The molecule has 2 aromatic rings. The predicted molar refractivity (Wildman–Crippen MR) is 82.6 cm³/mol. The fourth-order valence-corrected chi connectivity index (χ4v) is 2.09. The van der Waals surface area contributed by atoms with E-state index < -0.39 is 17.9 Å². The molecule has 6 heteroatoms.